The van der Waals surface area contributed by atoms with Crippen LogP contribution in [0.25, 0.3) is 11.1 Å². The molecule has 4 heteroatoms. The van der Waals surface area contributed by atoms with E-state index in [0.29, 0.717) is 0 Å². The van der Waals surface area contributed by atoms with Crippen molar-refractivity contribution in [3.05, 3.63) is 36.7 Å². The van der Waals surface area contributed by atoms with E-state index in [1.807, 2.05) is 24.4 Å². The van der Waals surface area contributed by atoms with Gasteiger partial charge in [0.05, 0.1) is 12.8 Å². The van der Waals surface area contributed by atoms with Crippen LogP contribution in [0.5, 0.6) is 0 Å². The van der Waals surface area contributed by atoms with E-state index < -0.39 is 0 Å². The summed E-state index contributed by atoms with van der Waals surface area (Å²) >= 11 is 1.65. The number of rotatable bonds is 4. The number of nitrogens with one attached hydrogen (secondary N) is 1. The minimum Gasteiger partial charge on any atom is -0.396 e. The molecule has 78 valence electrons. The maximum absolute atomic E-state index is 8.75. The van der Waals surface area contributed by atoms with Crippen molar-refractivity contribution in [2.24, 2.45) is 0 Å². The zero-order valence-corrected chi connectivity index (χ0v) is 9.00. The molecule has 0 fully saturated rings. The second kappa shape index (κ2) is 5.00. The molecule has 0 saturated heterocycles. The van der Waals surface area contributed by atoms with Crippen LogP contribution >= 0.6 is 11.8 Å². The maximum Gasteiger partial charge on any atom is 0.0565 e. The summed E-state index contributed by atoms with van der Waals surface area (Å²) in [6, 6.07) is 8.21. The Bertz CT molecular complexity index is 414. The molecule has 0 radical (unpaired) electrons. The van der Waals surface area contributed by atoms with E-state index in [2.05, 4.69) is 16.3 Å². The van der Waals surface area contributed by atoms with Crippen molar-refractivity contribution in [1.29, 1.82) is 0 Å². The number of aliphatic hydroxyl groups is 1. The SMILES string of the molecule is OCCSc1cccc(-c2cn[nH]c2)c1. The number of hydrogen-bond acceptors (Lipinski definition) is 3. The van der Waals surface area contributed by atoms with Gasteiger partial charge >= 0.3 is 0 Å². The van der Waals surface area contributed by atoms with Crippen LogP contribution in [0.2, 0.25) is 0 Å². The highest BCUT2D eigenvalue weighted by atomic mass is 32.2. The predicted molar refractivity (Wildman–Crippen MR) is 61.8 cm³/mol. The molecule has 15 heavy (non-hydrogen) atoms. The first-order valence-electron chi connectivity index (χ1n) is 4.73. The first-order valence-corrected chi connectivity index (χ1v) is 5.71. The first kappa shape index (κ1) is 10.3. The van der Waals surface area contributed by atoms with Crippen molar-refractivity contribution in [1.82, 2.24) is 10.2 Å². The lowest BCUT2D eigenvalue weighted by Crippen LogP contribution is -1.85. The number of nitrogens with zero attached hydrogens (tertiary/aromatic N) is 1. The zero-order valence-electron chi connectivity index (χ0n) is 8.18. The van der Waals surface area contributed by atoms with Crippen molar-refractivity contribution < 1.29 is 5.11 Å². The third-order valence-corrected chi connectivity index (χ3v) is 3.00. The molecule has 2 rings (SSSR count). The van der Waals surface area contributed by atoms with Crippen LogP contribution in [-0.4, -0.2) is 27.7 Å². The molecular formula is C11H12N2OS. The normalized spacial score (nSPS) is 10.5. The van der Waals surface area contributed by atoms with Crippen molar-refractivity contribution in [3.8, 4) is 11.1 Å². The predicted octanol–water partition coefficient (Wildman–Crippen LogP) is 2.16. The fourth-order valence-corrected chi connectivity index (χ4v) is 2.05. The van der Waals surface area contributed by atoms with E-state index in [1.165, 1.54) is 4.90 Å². The molecule has 1 heterocycles. The van der Waals surface area contributed by atoms with Gasteiger partial charge in [-0.05, 0) is 17.7 Å². The van der Waals surface area contributed by atoms with Gasteiger partial charge in [-0.25, -0.2) is 0 Å². The summed E-state index contributed by atoms with van der Waals surface area (Å²) < 4.78 is 0. The summed E-state index contributed by atoms with van der Waals surface area (Å²) in [6.45, 7) is 0.209. The van der Waals surface area contributed by atoms with E-state index in [4.69, 9.17) is 5.11 Å². The lowest BCUT2D eigenvalue weighted by Gasteiger charge is -2.02. The molecule has 0 amide bonds. The van der Waals surface area contributed by atoms with E-state index >= 15 is 0 Å². The van der Waals surface area contributed by atoms with Crippen LogP contribution in [0.1, 0.15) is 0 Å². The van der Waals surface area contributed by atoms with Gasteiger partial charge in [-0.15, -0.1) is 11.8 Å². The van der Waals surface area contributed by atoms with Crippen molar-refractivity contribution >= 4 is 11.8 Å². The molecule has 0 atom stereocenters. The third kappa shape index (κ3) is 2.61. The Morgan fingerprint density at radius 1 is 1.33 bits per heavy atom. The number of thioether (sulfide) groups is 1. The minimum absolute atomic E-state index is 0.209. The second-order valence-electron chi connectivity index (χ2n) is 3.09. The Labute approximate surface area is 92.5 Å². The van der Waals surface area contributed by atoms with Gasteiger partial charge in [-0.2, -0.15) is 5.10 Å². The summed E-state index contributed by atoms with van der Waals surface area (Å²) in [4.78, 5) is 1.17. The molecule has 0 aliphatic carbocycles. The third-order valence-electron chi connectivity index (χ3n) is 2.03. The van der Waals surface area contributed by atoms with Gasteiger partial charge < -0.3 is 5.11 Å². The number of aromatic nitrogens is 2. The standard InChI is InChI=1S/C11H12N2OS/c14-4-5-15-11-3-1-2-9(6-11)10-7-12-13-8-10/h1-3,6-8,14H,4-5H2,(H,12,13). The van der Waals surface area contributed by atoms with E-state index in [1.54, 1.807) is 18.0 Å². The van der Waals surface area contributed by atoms with Gasteiger partial charge in [0, 0.05) is 22.4 Å². The van der Waals surface area contributed by atoms with Crippen molar-refractivity contribution in [2.75, 3.05) is 12.4 Å². The topological polar surface area (TPSA) is 48.9 Å². The second-order valence-corrected chi connectivity index (χ2v) is 4.26. The molecule has 2 aromatic rings. The van der Waals surface area contributed by atoms with Crippen LogP contribution in [0.3, 0.4) is 0 Å². The average molecular weight is 220 g/mol. The van der Waals surface area contributed by atoms with E-state index in [-0.39, 0.29) is 6.61 Å². The fraction of sp³-hybridized carbons (Fsp3) is 0.182. The number of benzene rings is 1. The number of H-pyrrole nitrogens is 1. The lowest BCUT2D eigenvalue weighted by atomic mass is 10.1. The Balaban J connectivity index is 2.19. The molecule has 0 aliphatic rings. The highest BCUT2D eigenvalue weighted by molar-refractivity contribution is 7.99. The molecule has 3 nitrogen and oxygen atoms in total. The van der Waals surface area contributed by atoms with Crippen molar-refractivity contribution in [2.45, 2.75) is 4.90 Å². The molecular weight excluding hydrogens is 208 g/mol. The quantitative estimate of drug-likeness (QED) is 0.776. The lowest BCUT2D eigenvalue weighted by molar-refractivity contribution is 0.322. The number of aliphatic hydroxyl groups excluding tert-OH is 1. The van der Waals surface area contributed by atoms with Crippen LogP contribution in [0, 0.1) is 0 Å². The van der Waals surface area contributed by atoms with Crippen LogP contribution in [-0.2, 0) is 0 Å². The summed E-state index contributed by atoms with van der Waals surface area (Å²) in [5.41, 5.74) is 2.23. The van der Waals surface area contributed by atoms with Crippen LogP contribution < -0.4 is 0 Å². The minimum atomic E-state index is 0.209. The highest BCUT2D eigenvalue weighted by Gasteiger charge is 2.00. The monoisotopic (exact) mass is 220 g/mol. The smallest absolute Gasteiger partial charge is 0.0565 e. The molecule has 0 bridgehead atoms. The average Bonchev–Trinajstić information content (AvgIpc) is 2.80. The molecule has 1 aromatic carbocycles. The Hall–Kier alpha value is -1.26. The molecule has 1 aromatic heterocycles. The maximum atomic E-state index is 8.75. The number of hydrogen-bond donors (Lipinski definition) is 2. The number of aromatic amines is 1. The van der Waals surface area contributed by atoms with Crippen LogP contribution in [0.15, 0.2) is 41.6 Å². The first-order chi connectivity index (χ1) is 7.40. The largest absolute Gasteiger partial charge is 0.396 e. The van der Waals surface area contributed by atoms with Gasteiger partial charge in [0.15, 0.2) is 0 Å². The van der Waals surface area contributed by atoms with Gasteiger partial charge in [0.2, 0.25) is 0 Å². The Morgan fingerprint density at radius 3 is 3.00 bits per heavy atom. The Morgan fingerprint density at radius 2 is 2.27 bits per heavy atom. The molecule has 0 aliphatic heterocycles. The summed E-state index contributed by atoms with van der Waals surface area (Å²) in [7, 11) is 0. The van der Waals surface area contributed by atoms with Crippen molar-refractivity contribution in [3.63, 3.8) is 0 Å². The molecule has 0 spiro atoms. The summed E-state index contributed by atoms with van der Waals surface area (Å²) in [5, 5.41) is 15.5. The highest BCUT2D eigenvalue weighted by Crippen LogP contribution is 2.24. The molecule has 0 unspecified atom stereocenters. The van der Waals surface area contributed by atoms with Gasteiger partial charge in [0.25, 0.3) is 0 Å². The van der Waals surface area contributed by atoms with Crippen LogP contribution in [0.4, 0.5) is 0 Å². The summed E-state index contributed by atoms with van der Waals surface area (Å²) in [5.74, 6) is 0.731. The van der Waals surface area contributed by atoms with Gasteiger partial charge in [-0.3, -0.25) is 5.10 Å². The van der Waals surface area contributed by atoms with E-state index in [0.717, 1.165) is 16.9 Å². The van der Waals surface area contributed by atoms with Gasteiger partial charge in [-0.1, -0.05) is 12.1 Å². The zero-order chi connectivity index (χ0) is 10.5. The molecule has 0 saturated carbocycles. The van der Waals surface area contributed by atoms with Gasteiger partial charge in [0.1, 0.15) is 0 Å². The summed E-state index contributed by atoms with van der Waals surface area (Å²) in [6.07, 6.45) is 3.67. The Kier molecular flexibility index (Phi) is 3.42. The van der Waals surface area contributed by atoms with E-state index in [9.17, 15) is 0 Å². The fourth-order valence-electron chi connectivity index (χ4n) is 1.34. The molecule has 2 N–H and O–H groups in total.